The number of nitrogens with two attached hydrogens (primary N) is 1. The van der Waals surface area contributed by atoms with Crippen LogP contribution in [0.2, 0.25) is 0 Å². The predicted molar refractivity (Wildman–Crippen MR) is 53.0 cm³/mol. The van der Waals surface area contributed by atoms with E-state index >= 15 is 0 Å². The second kappa shape index (κ2) is 4.71. The lowest BCUT2D eigenvalue weighted by Crippen LogP contribution is -2.23. The van der Waals surface area contributed by atoms with Crippen LogP contribution in [0, 0.1) is 0 Å². The summed E-state index contributed by atoms with van der Waals surface area (Å²) >= 11 is 1.27. The van der Waals surface area contributed by atoms with Crippen molar-refractivity contribution in [3.05, 3.63) is 30.1 Å². The zero-order valence-corrected chi connectivity index (χ0v) is 8.04. The molecule has 0 bridgehead atoms. The number of primary amides is 1. The molecule has 0 saturated carbocycles. The molecule has 0 radical (unpaired) electrons. The lowest BCUT2D eigenvalue weighted by atomic mass is 10.2. The predicted octanol–water partition coefficient (Wildman–Crippen LogP) is 1.46. The van der Waals surface area contributed by atoms with Gasteiger partial charge in [-0.25, -0.2) is 4.79 Å². The normalized spacial score (nSPS) is 12.1. The number of urea groups is 1. The van der Waals surface area contributed by atoms with Gasteiger partial charge in [-0.1, -0.05) is 6.07 Å². The second-order valence-corrected chi connectivity index (χ2v) is 3.66. The minimum atomic E-state index is -0.527. The molecule has 1 rings (SSSR count). The third kappa shape index (κ3) is 3.33. The molecule has 5 heteroatoms. The van der Waals surface area contributed by atoms with Gasteiger partial charge in [0.25, 0.3) is 0 Å². The van der Waals surface area contributed by atoms with Crippen LogP contribution < -0.4 is 10.5 Å². The van der Waals surface area contributed by atoms with Gasteiger partial charge in [0.1, 0.15) is 0 Å². The molecule has 3 N–H and O–H groups in total. The van der Waals surface area contributed by atoms with Crippen LogP contribution in [0.1, 0.15) is 17.7 Å². The molecule has 0 spiro atoms. The minimum Gasteiger partial charge on any atom is -0.351 e. The Morgan fingerprint density at radius 2 is 2.54 bits per heavy atom. The van der Waals surface area contributed by atoms with E-state index in [2.05, 4.69) is 9.71 Å². The molecule has 0 aliphatic heterocycles. The van der Waals surface area contributed by atoms with E-state index in [9.17, 15) is 4.79 Å². The maximum Gasteiger partial charge on any atom is 0.322 e. The standard InChI is InChI=1S/C8H11N3OS/c1-6(13-11-8(9)12)7-3-2-4-10-5-7/h2-6H,1H3,(H3,9,11,12). The van der Waals surface area contributed by atoms with Crippen LogP contribution in [0.15, 0.2) is 24.5 Å². The molecule has 0 fully saturated rings. The Balaban J connectivity index is 2.49. The molecule has 0 saturated heterocycles. The second-order valence-electron chi connectivity index (χ2n) is 2.51. The van der Waals surface area contributed by atoms with Crippen LogP contribution in [0.25, 0.3) is 0 Å². The molecule has 1 aromatic heterocycles. The molecule has 0 aliphatic carbocycles. The molecule has 0 aromatic carbocycles. The van der Waals surface area contributed by atoms with Crippen LogP contribution in [-0.4, -0.2) is 11.0 Å². The number of nitrogens with zero attached hydrogens (tertiary/aromatic N) is 1. The summed E-state index contributed by atoms with van der Waals surface area (Å²) in [7, 11) is 0. The number of amides is 2. The number of aromatic nitrogens is 1. The van der Waals surface area contributed by atoms with Gasteiger partial charge in [-0.2, -0.15) is 0 Å². The summed E-state index contributed by atoms with van der Waals surface area (Å²) in [6.07, 6.45) is 3.47. The number of nitrogens with one attached hydrogen (secondary N) is 1. The number of rotatable bonds is 3. The third-order valence-corrected chi connectivity index (χ3v) is 2.43. The number of hydrogen-bond acceptors (Lipinski definition) is 3. The SMILES string of the molecule is CC(SNC(N)=O)c1cccnc1. The van der Waals surface area contributed by atoms with E-state index in [1.807, 2.05) is 19.1 Å². The Labute approximate surface area is 81.1 Å². The monoisotopic (exact) mass is 197 g/mol. The lowest BCUT2D eigenvalue weighted by Gasteiger charge is -2.09. The first kappa shape index (κ1) is 9.85. The van der Waals surface area contributed by atoms with Gasteiger partial charge in [-0.15, -0.1) is 0 Å². The molecule has 2 amide bonds. The average Bonchev–Trinajstić information content (AvgIpc) is 2.15. The van der Waals surface area contributed by atoms with E-state index in [1.54, 1.807) is 12.4 Å². The summed E-state index contributed by atoms with van der Waals surface area (Å²) in [6, 6.07) is 3.28. The Morgan fingerprint density at radius 3 is 3.08 bits per heavy atom. The highest BCUT2D eigenvalue weighted by Gasteiger charge is 2.06. The van der Waals surface area contributed by atoms with E-state index < -0.39 is 6.03 Å². The van der Waals surface area contributed by atoms with Crippen molar-refractivity contribution in [1.82, 2.24) is 9.71 Å². The number of carbonyl (C=O) groups is 1. The van der Waals surface area contributed by atoms with Gasteiger partial charge in [0.05, 0.1) is 0 Å². The first-order valence-electron chi connectivity index (χ1n) is 3.81. The van der Waals surface area contributed by atoms with Crippen molar-refractivity contribution in [2.45, 2.75) is 12.2 Å². The Bertz CT molecular complexity index is 278. The molecule has 70 valence electrons. The maximum absolute atomic E-state index is 10.4. The van der Waals surface area contributed by atoms with Gasteiger partial charge in [0.2, 0.25) is 0 Å². The highest BCUT2D eigenvalue weighted by molar-refractivity contribution is 7.98. The van der Waals surface area contributed by atoms with E-state index in [1.165, 1.54) is 11.9 Å². The Hall–Kier alpha value is -1.23. The van der Waals surface area contributed by atoms with Crippen molar-refractivity contribution in [3.63, 3.8) is 0 Å². The van der Waals surface area contributed by atoms with Crippen LogP contribution in [0.3, 0.4) is 0 Å². The number of carbonyl (C=O) groups excluding carboxylic acids is 1. The molecular formula is C8H11N3OS. The Morgan fingerprint density at radius 1 is 1.77 bits per heavy atom. The summed E-state index contributed by atoms with van der Waals surface area (Å²) in [5.41, 5.74) is 5.99. The molecular weight excluding hydrogens is 186 g/mol. The summed E-state index contributed by atoms with van der Waals surface area (Å²) in [6.45, 7) is 1.97. The van der Waals surface area contributed by atoms with Crippen molar-refractivity contribution in [3.8, 4) is 0 Å². The first-order valence-corrected chi connectivity index (χ1v) is 4.69. The third-order valence-electron chi connectivity index (χ3n) is 1.49. The zero-order valence-electron chi connectivity index (χ0n) is 7.23. The summed E-state index contributed by atoms with van der Waals surface area (Å²) < 4.78 is 2.47. The number of hydrogen-bond donors (Lipinski definition) is 2. The number of pyridine rings is 1. The smallest absolute Gasteiger partial charge is 0.322 e. The van der Waals surface area contributed by atoms with Gasteiger partial charge >= 0.3 is 6.03 Å². The van der Waals surface area contributed by atoms with Crippen molar-refractivity contribution in [1.29, 1.82) is 0 Å². The van der Waals surface area contributed by atoms with Gasteiger partial charge in [0.15, 0.2) is 0 Å². The minimum absolute atomic E-state index is 0.154. The van der Waals surface area contributed by atoms with Gasteiger partial charge in [-0.05, 0) is 30.5 Å². The molecule has 4 nitrogen and oxygen atoms in total. The highest BCUT2D eigenvalue weighted by Crippen LogP contribution is 2.23. The molecule has 13 heavy (non-hydrogen) atoms. The first-order chi connectivity index (χ1) is 6.20. The summed E-state index contributed by atoms with van der Waals surface area (Å²) in [4.78, 5) is 14.4. The topological polar surface area (TPSA) is 68.0 Å². The van der Waals surface area contributed by atoms with Crippen molar-refractivity contribution in [2.75, 3.05) is 0 Å². The highest BCUT2D eigenvalue weighted by atomic mass is 32.2. The van der Waals surface area contributed by atoms with Crippen LogP contribution in [-0.2, 0) is 0 Å². The van der Waals surface area contributed by atoms with Crippen molar-refractivity contribution in [2.24, 2.45) is 5.73 Å². The summed E-state index contributed by atoms with van der Waals surface area (Å²) in [5.74, 6) is 0. The maximum atomic E-state index is 10.4. The lowest BCUT2D eigenvalue weighted by molar-refractivity contribution is 0.254. The largest absolute Gasteiger partial charge is 0.351 e. The van der Waals surface area contributed by atoms with Gasteiger partial charge in [-0.3, -0.25) is 9.71 Å². The van der Waals surface area contributed by atoms with Crippen LogP contribution in [0.4, 0.5) is 4.79 Å². The zero-order chi connectivity index (χ0) is 9.68. The van der Waals surface area contributed by atoms with E-state index in [0.717, 1.165) is 5.56 Å². The van der Waals surface area contributed by atoms with E-state index in [-0.39, 0.29) is 5.25 Å². The molecule has 1 atom stereocenters. The van der Waals surface area contributed by atoms with Crippen molar-refractivity contribution < 1.29 is 4.79 Å². The fourth-order valence-electron chi connectivity index (χ4n) is 0.831. The van der Waals surface area contributed by atoms with Crippen LogP contribution >= 0.6 is 11.9 Å². The average molecular weight is 197 g/mol. The Kier molecular flexibility index (Phi) is 3.57. The fraction of sp³-hybridized carbons (Fsp3) is 0.250. The van der Waals surface area contributed by atoms with Gasteiger partial charge in [0, 0.05) is 17.6 Å². The molecule has 0 aliphatic rings. The molecule has 1 heterocycles. The molecule has 1 unspecified atom stereocenters. The quantitative estimate of drug-likeness (QED) is 0.721. The summed E-state index contributed by atoms with van der Waals surface area (Å²) in [5, 5.41) is 0.154. The van der Waals surface area contributed by atoms with Crippen LogP contribution in [0.5, 0.6) is 0 Å². The van der Waals surface area contributed by atoms with Crippen molar-refractivity contribution >= 4 is 18.0 Å². The van der Waals surface area contributed by atoms with E-state index in [4.69, 9.17) is 5.73 Å². The fourth-order valence-corrected chi connectivity index (χ4v) is 1.40. The van der Waals surface area contributed by atoms with Gasteiger partial charge < -0.3 is 5.73 Å². The molecule has 1 aromatic rings. The van der Waals surface area contributed by atoms with E-state index in [0.29, 0.717) is 0 Å².